The van der Waals surface area contributed by atoms with Crippen molar-refractivity contribution in [3.05, 3.63) is 60.7 Å². The van der Waals surface area contributed by atoms with Gasteiger partial charge in [-0.15, -0.1) is 0 Å². The lowest BCUT2D eigenvalue weighted by molar-refractivity contribution is 0.411. The third-order valence-electron chi connectivity index (χ3n) is 4.19. The van der Waals surface area contributed by atoms with E-state index in [1.165, 1.54) is 0 Å². The van der Waals surface area contributed by atoms with E-state index in [9.17, 15) is 4.46 Å². The molecule has 2 aromatic rings. The van der Waals surface area contributed by atoms with Gasteiger partial charge in [0, 0.05) is 5.67 Å². The second-order valence-corrected chi connectivity index (χ2v) is 23.5. The summed E-state index contributed by atoms with van der Waals surface area (Å²) in [6.45, 7) is 13.0. The molecule has 0 aliphatic heterocycles. The van der Waals surface area contributed by atoms with Crippen LogP contribution < -0.4 is 10.4 Å². The normalized spacial score (nSPS) is 12.8. The molecule has 0 bridgehead atoms. The summed E-state index contributed by atoms with van der Waals surface area (Å²) in [5.74, 6) is 0. The predicted octanol–water partition coefficient (Wildman–Crippen LogP) is 4.30. The molecule has 7 heteroatoms. The molecular formula is C20H32O3Si4. The Kier molecular flexibility index (Phi) is 7.45. The Balaban J connectivity index is 2.63. The highest BCUT2D eigenvalue weighted by atomic mass is 28.5. The molecule has 27 heavy (non-hydrogen) atoms. The highest BCUT2D eigenvalue weighted by molar-refractivity contribution is 7.03. The Morgan fingerprint density at radius 3 is 1.59 bits per heavy atom. The van der Waals surface area contributed by atoms with Gasteiger partial charge in [0.05, 0.1) is 0 Å². The highest BCUT2D eigenvalue weighted by Crippen LogP contribution is 2.24. The van der Waals surface area contributed by atoms with Crippen LogP contribution in [-0.2, 0) is 12.7 Å². The molecule has 0 amide bonds. The van der Waals surface area contributed by atoms with Crippen LogP contribution in [-0.4, -0.2) is 33.9 Å². The zero-order chi connectivity index (χ0) is 20.1. The molecule has 2 aromatic carbocycles. The molecule has 0 spiro atoms. The van der Waals surface area contributed by atoms with Gasteiger partial charge in [0.25, 0.3) is 8.68 Å². The summed E-state index contributed by atoms with van der Waals surface area (Å²) >= 11 is 0. The summed E-state index contributed by atoms with van der Waals surface area (Å²) in [6, 6.07) is 21.5. The van der Waals surface area contributed by atoms with Crippen LogP contribution in [0.2, 0.25) is 44.4 Å². The van der Waals surface area contributed by atoms with Crippen LogP contribution in [0.25, 0.3) is 0 Å². The molecule has 0 atom stereocenters. The van der Waals surface area contributed by atoms with E-state index < -0.39 is 33.9 Å². The Bertz CT molecular complexity index is 703. The Labute approximate surface area is 168 Å². The summed E-state index contributed by atoms with van der Waals surface area (Å²) < 4.78 is 26.4. The molecule has 0 aliphatic carbocycles. The SMILES string of the molecule is CC[Si](=O)C[Si](C)(C)O[Si](O[Si](C)(C)C)(c1ccccc1)c1ccccc1. The van der Waals surface area contributed by atoms with E-state index in [1.807, 2.05) is 19.1 Å². The number of benzene rings is 2. The van der Waals surface area contributed by atoms with Crippen molar-refractivity contribution in [3.63, 3.8) is 0 Å². The van der Waals surface area contributed by atoms with Crippen LogP contribution in [0, 0.1) is 0 Å². The molecule has 3 nitrogen and oxygen atoms in total. The van der Waals surface area contributed by atoms with Crippen molar-refractivity contribution in [3.8, 4) is 0 Å². The lowest BCUT2D eigenvalue weighted by atomic mass is 10.4. The molecule has 0 N–H and O–H groups in total. The van der Waals surface area contributed by atoms with Gasteiger partial charge in [0.15, 0.2) is 16.6 Å². The first-order valence-electron chi connectivity index (χ1n) is 9.61. The van der Waals surface area contributed by atoms with Crippen LogP contribution in [0.3, 0.4) is 0 Å². The van der Waals surface area contributed by atoms with Gasteiger partial charge in [-0.3, -0.25) is 0 Å². The lowest BCUT2D eigenvalue weighted by Crippen LogP contribution is -2.70. The first-order valence-corrected chi connectivity index (χ1v) is 19.8. The van der Waals surface area contributed by atoms with Gasteiger partial charge in [0.1, 0.15) is 0 Å². The predicted molar refractivity (Wildman–Crippen MR) is 123 cm³/mol. The maximum absolute atomic E-state index is 12.4. The molecular weight excluding hydrogens is 401 g/mol. The third kappa shape index (κ3) is 6.26. The second-order valence-electron chi connectivity index (χ2n) is 8.49. The van der Waals surface area contributed by atoms with Crippen LogP contribution >= 0.6 is 0 Å². The van der Waals surface area contributed by atoms with Gasteiger partial charge >= 0.3 is 8.56 Å². The van der Waals surface area contributed by atoms with Gasteiger partial charge in [-0.2, -0.15) is 0 Å². The third-order valence-corrected chi connectivity index (χ3v) is 19.1. The van der Waals surface area contributed by atoms with Gasteiger partial charge < -0.3 is 12.7 Å². The molecule has 146 valence electrons. The molecule has 0 unspecified atom stereocenters. The summed E-state index contributed by atoms with van der Waals surface area (Å²) in [5, 5.41) is 2.27. The van der Waals surface area contributed by atoms with E-state index in [0.29, 0.717) is 5.67 Å². The minimum absolute atomic E-state index is 0.706. The van der Waals surface area contributed by atoms with Gasteiger partial charge in [-0.05, 0) is 49.2 Å². The monoisotopic (exact) mass is 432 g/mol. The Morgan fingerprint density at radius 2 is 1.22 bits per heavy atom. The minimum Gasteiger partial charge on any atom is -0.430 e. The van der Waals surface area contributed by atoms with E-state index >= 15 is 0 Å². The lowest BCUT2D eigenvalue weighted by Gasteiger charge is -2.42. The summed E-state index contributed by atoms with van der Waals surface area (Å²) in [4.78, 5) is 0. The zero-order valence-electron chi connectivity index (χ0n) is 17.4. The fourth-order valence-electron chi connectivity index (χ4n) is 3.19. The number of hydrogen-bond acceptors (Lipinski definition) is 3. The van der Waals surface area contributed by atoms with Crippen LogP contribution in [0.4, 0.5) is 0 Å². The fraction of sp³-hybridized carbons (Fsp3) is 0.400. The van der Waals surface area contributed by atoms with Crippen LogP contribution in [0.15, 0.2) is 60.7 Å². The van der Waals surface area contributed by atoms with Crippen molar-refractivity contribution in [2.45, 2.75) is 51.4 Å². The number of hydrogen-bond donors (Lipinski definition) is 0. The van der Waals surface area contributed by atoms with Crippen molar-refractivity contribution in [1.82, 2.24) is 0 Å². The van der Waals surface area contributed by atoms with Crippen molar-refractivity contribution < 1.29 is 12.7 Å². The smallest absolute Gasteiger partial charge is 0.386 e. The highest BCUT2D eigenvalue weighted by Gasteiger charge is 2.49. The quantitative estimate of drug-likeness (QED) is 0.554. The zero-order valence-corrected chi connectivity index (χ0v) is 21.4. The average Bonchev–Trinajstić information content (AvgIpc) is 2.60. The van der Waals surface area contributed by atoms with Crippen LogP contribution in [0.1, 0.15) is 6.92 Å². The fourth-order valence-corrected chi connectivity index (χ4v) is 19.5. The topological polar surface area (TPSA) is 35.5 Å². The standard InChI is InChI=1S/C20H32O3Si4/c1-7-24(21)18-26(5,6)23-27(22-25(2,3)4,19-14-10-8-11-15-19)20-16-12-9-13-17-20/h8-17H,7,18H2,1-6H3. The van der Waals surface area contributed by atoms with Crippen molar-refractivity contribution in [2.75, 3.05) is 0 Å². The van der Waals surface area contributed by atoms with E-state index in [-0.39, 0.29) is 0 Å². The van der Waals surface area contributed by atoms with E-state index in [1.54, 1.807) is 0 Å². The molecule has 0 saturated carbocycles. The minimum atomic E-state index is -2.90. The molecule has 0 heterocycles. The molecule has 0 aromatic heterocycles. The molecule has 0 saturated heterocycles. The summed E-state index contributed by atoms with van der Waals surface area (Å²) in [6.07, 6.45) is 0. The van der Waals surface area contributed by atoms with Crippen molar-refractivity contribution in [1.29, 1.82) is 0 Å². The maximum Gasteiger partial charge on any atom is 0.386 e. The molecule has 2 rings (SSSR count). The van der Waals surface area contributed by atoms with Crippen LogP contribution in [0.5, 0.6) is 0 Å². The van der Waals surface area contributed by atoms with Gasteiger partial charge in [-0.1, -0.05) is 67.6 Å². The Morgan fingerprint density at radius 1 is 0.778 bits per heavy atom. The largest absolute Gasteiger partial charge is 0.430 e. The van der Waals surface area contributed by atoms with E-state index in [2.05, 4.69) is 81.3 Å². The summed E-state index contributed by atoms with van der Waals surface area (Å²) in [5.41, 5.74) is 0.706. The maximum atomic E-state index is 12.4. The number of rotatable bonds is 9. The van der Waals surface area contributed by atoms with Gasteiger partial charge in [0.2, 0.25) is 0 Å². The average molecular weight is 433 g/mol. The van der Waals surface area contributed by atoms with Crippen molar-refractivity contribution in [2.24, 2.45) is 0 Å². The van der Waals surface area contributed by atoms with Crippen molar-refractivity contribution >= 4 is 44.3 Å². The molecule has 0 aliphatic rings. The summed E-state index contributed by atoms with van der Waals surface area (Å²) in [7, 11) is -8.61. The molecule has 0 radical (unpaired) electrons. The second kappa shape index (κ2) is 9.02. The molecule has 0 fully saturated rings. The Hall–Kier alpha value is -0.972. The van der Waals surface area contributed by atoms with E-state index in [0.717, 1.165) is 16.4 Å². The van der Waals surface area contributed by atoms with Gasteiger partial charge in [-0.25, -0.2) is 0 Å². The first kappa shape index (κ1) is 22.3. The first-order chi connectivity index (χ1) is 12.6. The van der Waals surface area contributed by atoms with E-state index in [4.69, 9.17) is 8.23 Å².